The molecule has 0 N–H and O–H groups in total. The van der Waals surface area contributed by atoms with E-state index in [2.05, 4.69) is 9.97 Å². The van der Waals surface area contributed by atoms with E-state index in [1.807, 2.05) is 13.8 Å². The number of pyridine rings is 1. The van der Waals surface area contributed by atoms with E-state index in [1.54, 1.807) is 24.2 Å². The molecule has 0 unspecified atom stereocenters. The van der Waals surface area contributed by atoms with Crippen LogP contribution < -0.4 is 10.3 Å². The zero-order valence-electron chi connectivity index (χ0n) is 12.6. The van der Waals surface area contributed by atoms with Gasteiger partial charge < -0.3 is 4.74 Å². The third-order valence-electron chi connectivity index (χ3n) is 4.13. The molecular weight excluding hydrogens is 266 g/mol. The molecule has 0 saturated heterocycles. The molecule has 0 spiro atoms. The summed E-state index contributed by atoms with van der Waals surface area (Å²) in [4.78, 5) is 21.3. The molecule has 1 aliphatic carbocycles. The van der Waals surface area contributed by atoms with Crippen LogP contribution in [0.3, 0.4) is 0 Å². The Balaban J connectivity index is 2.00. The summed E-state index contributed by atoms with van der Waals surface area (Å²) >= 11 is 0. The fraction of sp³-hybridized carbons (Fsp3) is 0.438. The first kappa shape index (κ1) is 13.8. The summed E-state index contributed by atoms with van der Waals surface area (Å²) in [5, 5.41) is 0. The van der Waals surface area contributed by atoms with Crippen LogP contribution >= 0.6 is 0 Å². The largest absolute Gasteiger partial charge is 0.496 e. The molecule has 2 aromatic heterocycles. The summed E-state index contributed by atoms with van der Waals surface area (Å²) in [6, 6.07) is 0. The number of fused-ring (bicyclic) bond motifs is 1. The molecular formula is C16H19N3O2. The maximum Gasteiger partial charge on any atom is 0.257 e. The quantitative estimate of drug-likeness (QED) is 0.863. The van der Waals surface area contributed by atoms with Crippen LogP contribution in [-0.4, -0.2) is 21.6 Å². The van der Waals surface area contributed by atoms with E-state index < -0.39 is 0 Å². The van der Waals surface area contributed by atoms with Gasteiger partial charge >= 0.3 is 0 Å². The van der Waals surface area contributed by atoms with Crippen LogP contribution in [-0.2, 0) is 19.4 Å². The van der Waals surface area contributed by atoms with Gasteiger partial charge in [-0.05, 0) is 33.1 Å². The molecule has 2 heterocycles. The predicted octanol–water partition coefficient (Wildman–Crippen LogP) is 1.80. The monoisotopic (exact) mass is 285 g/mol. The SMILES string of the molecule is COc1c(C)cnc(Cn2cnc3c(c2=O)CCC3)c1C. The Bertz CT molecular complexity index is 750. The third kappa shape index (κ3) is 2.33. The summed E-state index contributed by atoms with van der Waals surface area (Å²) in [6.45, 7) is 4.37. The number of aryl methyl sites for hydroxylation is 2. The molecule has 0 bridgehead atoms. The van der Waals surface area contributed by atoms with E-state index in [0.717, 1.165) is 53.1 Å². The molecule has 0 aromatic carbocycles. The molecule has 0 radical (unpaired) electrons. The molecule has 0 amide bonds. The van der Waals surface area contributed by atoms with E-state index in [0.29, 0.717) is 6.54 Å². The van der Waals surface area contributed by atoms with E-state index >= 15 is 0 Å². The maximum absolute atomic E-state index is 12.5. The average Bonchev–Trinajstić information content (AvgIpc) is 2.94. The molecule has 0 fully saturated rings. The van der Waals surface area contributed by atoms with Gasteiger partial charge in [-0.1, -0.05) is 0 Å². The van der Waals surface area contributed by atoms with Crippen LogP contribution in [0, 0.1) is 13.8 Å². The maximum atomic E-state index is 12.5. The van der Waals surface area contributed by atoms with Crippen LogP contribution in [0.5, 0.6) is 5.75 Å². The van der Waals surface area contributed by atoms with Crippen molar-refractivity contribution in [3.63, 3.8) is 0 Å². The zero-order chi connectivity index (χ0) is 15.0. The molecule has 110 valence electrons. The van der Waals surface area contributed by atoms with Crippen LogP contribution in [0.2, 0.25) is 0 Å². The molecule has 0 aliphatic heterocycles. The first-order chi connectivity index (χ1) is 10.1. The van der Waals surface area contributed by atoms with Crippen molar-refractivity contribution in [2.75, 3.05) is 7.11 Å². The molecule has 1 aliphatic rings. The number of ether oxygens (including phenoxy) is 1. The highest BCUT2D eigenvalue weighted by atomic mass is 16.5. The van der Waals surface area contributed by atoms with Crippen molar-refractivity contribution in [2.45, 2.75) is 39.7 Å². The average molecular weight is 285 g/mol. The standard InChI is InChI=1S/C16H19N3O2/c1-10-7-17-14(11(2)15(10)21-3)8-19-9-18-13-6-4-5-12(13)16(19)20/h7,9H,4-6,8H2,1-3H3. The van der Waals surface area contributed by atoms with Crippen LogP contribution in [0.15, 0.2) is 17.3 Å². The highest BCUT2D eigenvalue weighted by Crippen LogP contribution is 2.24. The Labute approximate surface area is 123 Å². The van der Waals surface area contributed by atoms with Crippen molar-refractivity contribution in [3.05, 3.63) is 51.0 Å². The number of rotatable bonds is 3. The van der Waals surface area contributed by atoms with Crippen LogP contribution in [0.4, 0.5) is 0 Å². The predicted molar refractivity (Wildman–Crippen MR) is 79.9 cm³/mol. The highest BCUT2D eigenvalue weighted by molar-refractivity contribution is 5.41. The molecule has 0 atom stereocenters. The minimum atomic E-state index is 0.0678. The van der Waals surface area contributed by atoms with Gasteiger partial charge in [0.1, 0.15) is 5.75 Å². The van der Waals surface area contributed by atoms with Crippen molar-refractivity contribution >= 4 is 0 Å². The second-order valence-corrected chi connectivity index (χ2v) is 5.50. The number of nitrogens with zero attached hydrogens (tertiary/aromatic N) is 3. The van der Waals surface area contributed by atoms with Crippen LogP contribution in [0.25, 0.3) is 0 Å². The lowest BCUT2D eigenvalue weighted by atomic mass is 10.1. The van der Waals surface area contributed by atoms with Crippen molar-refractivity contribution in [1.82, 2.24) is 14.5 Å². The van der Waals surface area contributed by atoms with Crippen molar-refractivity contribution in [1.29, 1.82) is 0 Å². The van der Waals surface area contributed by atoms with Gasteiger partial charge in [0.15, 0.2) is 0 Å². The van der Waals surface area contributed by atoms with Crippen molar-refractivity contribution in [3.8, 4) is 5.75 Å². The van der Waals surface area contributed by atoms with Gasteiger partial charge in [-0.15, -0.1) is 0 Å². The van der Waals surface area contributed by atoms with Gasteiger partial charge in [-0.3, -0.25) is 14.3 Å². The fourth-order valence-corrected chi connectivity index (χ4v) is 2.97. The highest BCUT2D eigenvalue weighted by Gasteiger charge is 2.18. The van der Waals surface area contributed by atoms with Crippen molar-refractivity contribution < 1.29 is 4.74 Å². The zero-order valence-corrected chi connectivity index (χ0v) is 12.6. The third-order valence-corrected chi connectivity index (χ3v) is 4.13. The second kappa shape index (κ2) is 5.31. The Morgan fingerprint density at radius 3 is 2.86 bits per heavy atom. The van der Waals surface area contributed by atoms with Crippen molar-refractivity contribution in [2.24, 2.45) is 0 Å². The fourth-order valence-electron chi connectivity index (χ4n) is 2.97. The number of hydrogen-bond acceptors (Lipinski definition) is 4. The summed E-state index contributed by atoms with van der Waals surface area (Å²) < 4.78 is 7.06. The molecule has 0 saturated carbocycles. The lowest BCUT2D eigenvalue weighted by molar-refractivity contribution is 0.406. The van der Waals surface area contributed by atoms with E-state index in [9.17, 15) is 4.79 Å². The minimum absolute atomic E-state index is 0.0678. The lowest BCUT2D eigenvalue weighted by Gasteiger charge is -2.13. The van der Waals surface area contributed by atoms with Gasteiger partial charge in [0.05, 0.1) is 31.4 Å². The second-order valence-electron chi connectivity index (χ2n) is 5.50. The molecule has 3 rings (SSSR count). The number of methoxy groups -OCH3 is 1. The Morgan fingerprint density at radius 2 is 2.10 bits per heavy atom. The molecule has 5 heteroatoms. The Kier molecular flexibility index (Phi) is 3.49. The van der Waals surface area contributed by atoms with Gasteiger partial charge in [-0.25, -0.2) is 4.98 Å². The molecule has 2 aromatic rings. The van der Waals surface area contributed by atoms with Crippen LogP contribution in [0.1, 0.15) is 34.5 Å². The van der Waals surface area contributed by atoms with E-state index in [-0.39, 0.29) is 5.56 Å². The van der Waals surface area contributed by atoms with Gasteiger partial charge in [-0.2, -0.15) is 0 Å². The summed E-state index contributed by atoms with van der Waals surface area (Å²) in [7, 11) is 1.65. The normalized spacial score (nSPS) is 13.3. The van der Waals surface area contributed by atoms with Gasteiger partial charge in [0, 0.05) is 22.9 Å². The smallest absolute Gasteiger partial charge is 0.257 e. The molecule has 21 heavy (non-hydrogen) atoms. The Morgan fingerprint density at radius 1 is 1.29 bits per heavy atom. The minimum Gasteiger partial charge on any atom is -0.496 e. The first-order valence-electron chi connectivity index (χ1n) is 7.18. The van der Waals surface area contributed by atoms with Gasteiger partial charge in [0.2, 0.25) is 0 Å². The van der Waals surface area contributed by atoms with E-state index in [4.69, 9.17) is 4.74 Å². The summed E-state index contributed by atoms with van der Waals surface area (Å²) in [6.07, 6.45) is 6.21. The number of hydrogen-bond donors (Lipinski definition) is 0. The topological polar surface area (TPSA) is 57.0 Å². The molecule has 5 nitrogen and oxygen atoms in total. The number of aromatic nitrogens is 3. The lowest BCUT2D eigenvalue weighted by Crippen LogP contribution is -2.25. The van der Waals surface area contributed by atoms with E-state index in [1.165, 1.54) is 0 Å². The first-order valence-corrected chi connectivity index (χ1v) is 7.18. The summed E-state index contributed by atoms with van der Waals surface area (Å²) in [5.41, 5.74) is 4.72. The van der Waals surface area contributed by atoms with Gasteiger partial charge in [0.25, 0.3) is 5.56 Å². The Hall–Kier alpha value is -2.17. The summed E-state index contributed by atoms with van der Waals surface area (Å²) in [5.74, 6) is 0.835.